The van der Waals surface area contributed by atoms with Crippen molar-refractivity contribution in [1.82, 2.24) is 24.9 Å². The first-order chi connectivity index (χ1) is 13.3. The molecule has 0 saturated carbocycles. The lowest BCUT2D eigenvalue weighted by Gasteiger charge is -2.34. The van der Waals surface area contributed by atoms with Crippen molar-refractivity contribution in [2.75, 3.05) is 26.2 Å². The highest BCUT2D eigenvalue weighted by Crippen LogP contribution is 2.16. The molecule has 8 nitrogen and oxygen atoms in total. The standard InChI is InChI=1S/C19H21N5O3/c25-18(4-3-17-21-19(22-27-17)16-2-1-13-26-16)24-11-9-23(10-12-24)14-15-5-7-20-8-6-15/h1-2,5-8,13H,3-4,9-12,14H2. The fraction of sp³-hybridized carbons (Fsp3) is 0.368. The first-order valence-electron chi connectivity index (χ1n) is 9.03. The van der Waals surface area contributed by atoms with Crippen molar-refractivity contribution < 1.29 is 13.7 Å². The van der Waals surface area contributed by atoms with Crippen LogP contribution in [0.2, 0.25) is 0 Å². The molecule has 140 valence electrons. The molecular weight excluding hydrogens is 346 g/mol. The van der Waals surface area contributed by atoms with E-state index in [-0.39, 0.29) is 5.91 Å². The molecule has 1 saturated heterocycles. The van der Waals surface area contributed by atoms with Crippen molar-refractivity contribution in [2.24, 2.45) is 0 Å². The minimum atomic E-state index is 0.122. The Morgan fingerprint density at radius 2 is 1.93 bits per heavy atom. The molecule has 0 aromatic carbocycles. The lowest BCUT2D eigenvalue weighted by atomic mass is 10.2. The Hall–Kier alpha value is -3.00. The number of aromatic nitrogens is 3. The van der Waals surface area contributed by atoms with Crippen molar-refractivity contribution in [1.29, 1.82) is 0 Å². The summed E-state index contributed by atoms with van der Waals surface area (Å²) in [5, 5.41) is 3.88. The smallest absolute Gasteiger partial charge is 0.238 e. The summed E-state index contributed by atoms with van der Waals surface area (Å²) >= 11 is 0. The number of carbonyl (C=O) groups excluding carboxylic acids is 1. The van der Waals surface area contributed by atoms with Gasteiger partial charge in [-0.3, -0.25) is 14.7 Å². The van der Waals surface area contributed by atoms with Gasteiger partial charge in [0.1, 0.15) is 0 Å². The molecule has 3 aromatic rings. The Morgan fingerprint density at radius 3 is 2.67 bits per heavy atom. The molecule has 0 atom stereocenters. The van der Waals surface area contributed by atoms with Crippen molar-refractivity contribution in [3.8, 4) is 11.6 Å². The van der Waals surface area contributed by atoms with E-state index in [2.05, 4.69) is 20.0 Å². The van der Waals surface area contributed by atoms with Gasteiger partial charge >= 0.3 is 0 Å². The van der Waals surface area contributed by atoms with Crippen LogP contribution in [0.1, 0.15) is 17.9 Å². The minimum Gasteiger partial charge on any atom is -0.461 e. The summed E-state index contributed by atoms with van der Waals surface area (Å²) in [7, 11) is 0. The Morgan fingerprint density at radius 1 is 1.11 bits per heavy atom. The molecule has 4 heterocycles. The zero-order valence-electron chi connectivity index (χ0n) is 15.0. The number of carbonyl (C=O) groups is 1. The number of hydrogen-bond donors (Lipinski definition) is 0. The SMILES string of the molecule is O=C(CCc1nc(-c2ccco2)no1)N1CCN(Cc2ccncc2)CC1. The van der Waals surface area contributed by atoms with E-state index < -0.39 is 0 Å². The molecule has 27 heavy (non-hydrogen) atoms. The van der Waals surface area contributed by atoms with Crippen molar-refractivity contribution in [3.63, 3.8) is 0 Å². The van der Waals surface area contributed by atoms with Gasteiger partial charge in [-0.1, -0.05) is 5.16 Å². The molecular formula is C19H21N5O3. The van der Waals surface area contributed by atoms with Crippen LogP contribution in [0.4, 0.5) is 0 Å². The summed E-state index contributed by atoms with van der Waals surface area (Å²) in [6, 6.07) is 7.59. The molecule has 0 aliphatic carbocycles. The third-order valence-electron chi connectivity index (χ3n) is 4.64. The van der Waals surface area contributed by atoms with E-state index in [1.807, 2.05) is 29.4 Å². The highest BCUT2D eigenvalue weighted by atomic mass is 16.5. The van der Waals surface area contributed by atoms with E-state index in [0.29, 0.717) is 30.3 Å². The second-order valence-electron chi connectivity index (χ2n) is 6.50. The topological polar surface area (TPSA) is 88.5 Å². The third-order valence-corrected chi connectivity index (χ3v) is 4.64. The number of hydrogen-bond acceptors (Lipinski definition) is 7. The van der Waals surface area contributed by atoms with Crippen LogP contribution in [-0.4, -0.2) is 57.0 Å². The van der Waals surface area contributed by atoms with Gasteiger partial charge in [0.15, 0.2) is 5.76 Å². The number of furan rings is 1. The summed E-state index contributed by atoms with van der Waals surface area (Å²) < 4.78 is 10.4. The van der Waals surface area contributed by atoms with Crippen LogP contribution < -0.4 is 0 Å². The molecule has 3 aromatic heterocycles. The lowest BCUT2D eigenvalue weighted by Crippen LogP contribution is -2.48. The predicted octanol–water partition coefficient (Wildman–Crippen LogP) is 2.00. The van der Waals surface area contributed by atoms with Gasteiger partial charge in [-0.05, 0) is 29.8 Å². The summed E-state index contributed by atoms with van der Waals surface area (Å²) in [4.78, 5) is 25.0. The summed E-state index contributed by atoms with van der Waals surface area (Å²) in [6.07, 6.45) is 5.98. The van der Waals surface area contributed by atoms with E-state index in [4.69, 9.17) is 8.94 Å². The lowest BCUT2D eigenvalue weighted by molar-refractivity contribution is -0.133. The summed E-state index contributed by atoms with van der Waals surface area (Å²) in [6.45, 7) is 4.12. The summed E-state index contributed by atoms with van der Waals surface area (Å²) in [5.74, 6) is 1.54. The van der Waals surface area contributed by atoms with Gasteiger partial charge in [0, 0.05) is 58.0 Å². The van der Waals surface area contributed by atoms with E-state index in [1.165, 1.54) is 5.56 Å². The number of rotatable bonds is 6. The minimum absolute atomic E-state index is 0.122. The first kappa shape index (κ1) is 17.4. The average molecular weight is 367 g/mol. The number of piperazine rings is 1. The van der Waals surface area contributed by atoms with E-state index >= 15 is 0 Å². The number of amides is 1. The van der Waals surface area contributed by atoms with Crippen LogP contribution in [0.15, 0.2) is 51.9 Å². The molecule has 0 spiro atoms. The Labute approximate surface area is 156 Å². The van der Waals surface area contributed by atoms with Crippen LogP contribution in [0.3, 0.4) is 0 Å². The molecule has 1 aliphatic rings. The van der Waals surface area contributed by atoms with Crippen molar-refractivity contribution in [2.45, 2.75) is 19.4 Å². The van der Waals surface area contributed by atoms with Gasteiger partial charge in [-0.25, -0.2) is 0 Å². The van der Waals surface area contributed by atoms with Gasteiger partial charge in [0.2, 0.25) is 17.6 Å². The predicted molar refractivity (Wildman–Crippen MR) is 96.4 cm³/mol. The van der Waals surface area contributed by atoms with E-state index in [0.717, 1.165) is 32.7 Å². The highest BCUT2D eigenvalue weighted by Gasteiger charge is 2.21. The molecule has 1 fully saturated rings. The summed E-state index contributed by atoms with van der Waals surface area (Å²) in [5.41, 5.74) is 1.24. The van der Waals surface area contributed by atoms with Gasteiger partial charge in [-0.2, -0.15) is 4.98 Å². The maximum atomic E-state index is 12.5. The Balaban J connectivity index is 1.23. The number of nitrogens with zero attached hydrogens (tertiary/aromatic N) is 5. The average Bonchev–Trinajstić information content (AvgIpc) is 3.39. The fourth-order valence-corrected chi connectivity index (χ4v) is 3.14. The quantitative estimate of drug-likeness (QED) is 0.658. The fourth-order valence-electron chi connectivity index (χ4n) is 3.14. The highest BCUT2D eigenvalue weighted by molar-refractivity contribution is 5.76. The first-order valence-corrected chi connectivity index (χ1v) is 9.03. The Bertz CT molecular complexity index is 855. The molecule has 0 unspecified atom stereocenters. The van der Waals surface area contributed by atoms with Gasteiger partial charge in [0.05, 0.1) is 6.26 Å². The zero-order valence-corrected chi connectivity index (χ0v) is 15.0. The number of pyridine rings is 1. The van der Waals surface area contributed by atoms with E-state index in [1.54, 1.807) is 18.4 Å². The molecule has 4 rings (SSSR count). The second-order valence-corrected chi connectivity index (χ2v) is 6.50. The van der Waals surface area contributed by atoms with Crippen LogP contribution in [0.5, 0.6) is 0 Å². The maximum absolute atomic E-state index is 12.5. The van der Waals surface area contributed by atoms with Crippen LogP contribution in [-0.2, 0) is 17.8 Å². The molecule has 0 N–H and O–H groups in total. The van der Waals surface area contributed by atoms with Gasteiger partial charge < -0.3 is 13.8 Å². The van der Waals surface area contributed by atoms with Gasteiger partial charge in [0.25, 0.3) is 0 Å². The Kier molecular flexibility index (Phi) is 5.24. The monoisotopic (exact) mass is 367 g/mol. The molecule has 1 aliphatic heterocycles. The van der Waals surface area contributed by atoms with Crippen LogP contribution in [0.25, 0.3) is 11.6 Å². The zero-order chi connectivity index (χ0) is 18.5. The second kappa shape index (κ2) is 8.13. The molecule has 8 heteroatoms. The normalized spacial score (nSPS) is 15.2. The van der Waals surface area contributed by atoms with Gasteiger partial charge in [-0.15, -0.1) is 0 Å². The van der Waals surface area contributed by atoms with Crippen molar-refractivity contribution >= 4 is 5.91 Å². The van der Waals surface area contributed by atoms with Crippen LogP contribution >= 0.6 is 0 Å². The van der Waals surface area contributed by atoms with E-state index in [9.17, 15) is 4.79 Å². The molecule has 0 bridgehead atoms. The third kappa shape index (κ3) is 4.40. The number of aryl methyl sites for hydroxylation is 1. The molecule has 0 radical (unpaired) electrons. The molecule has 1 amide bonds. The van der Waals surface area contributed by atoms with Crippen molar-refractivity contribution in [3.05, 3.63) is 54.4 Å². The van der Waals surface area contributed by atoms with Crippen LogP contribution in [0, 0.1) is 0 Å². The maximum Gasteiger partial charge on any atom is 0.238 e. The largest absolute Gasteiger partial charge is 0.461 e.